The lowest BCUT2D eigenvalue weighted by Crippen LogP contribution is -2.08. The van der Waals surface area contributed by atoms with Crippen LogP contribution in [-0.2, 0) is 9.53 Å². The van der Waals surface area contributed by atoms with Crippen LogP contribution in [0.5, 0.6) is 0 Å². The molecule has 0 aromatic carbocycles. The minimum absolute atomic E-state index is 0.121. The molecule has 6 heteroatoms. The molecule has 0 fully saturated rings. The summed E-state index contributed by atoms with van der Waals surface area (Å²) in [5.74, 6) is -1.46. The first-order valence-electron chi connectivity index (χ1n) is 5.25. The minimum atomic E-state index is -1.12. The smallest absolute Gasteiger partial charge is 0.371 e. The Morgan fingerprint density at radius 2 is 2.24 bits per heavy atom. The van der Waals surface area contributed by atoms with Crippen molar-refractivity contribution in [1.82, 2.24) is 0 Å². The predicted molar refractivity (Wildman–Crippen MR) is 62.3 cm³/mol. The number of ether oxygens (including phenoxy) is 1. The summed E-state index contributed by atoms with van der Waals surface area (Å²) in [6, 6.07) is 2.88. The molecule has 5 nitrogen and oxygen atoms in total. The van der Waals surface area contributed by atoms with E-state index in [1.165, 1.54) is 12.1 Å². The van der Waals surface area contributed by atoms with Crippen molar-refractivity contribution in [3.63, 3.8) is 0 Å². The number of carboxylic acid groups (broad SMARTS) is 1. The van der Waals surface area contributed by atoms with Gasteiger partial charge in [-0.3, -0.25) is 4.79 Å². The van der Waals surface area contributed by atoms with E-state index in [0.29, 0.717) is 11.7 Å². The summed E-state index contributed by atoms with van der Waals surface area (Å²) in [4.78, 5) is 21.8. The van der Waals surface area contributed by atoms with Crippen LogP contribution in [0, 0.1) is 0 Å². The Labute approximate surface area is 103 Å². The second-order valence-corrected chi connectivity index (χ2v) is 4.27. The molecule has 0 radical (unpaired) electrons. The number of esters is 1. The SMILES string of the molecule is CCCCOC(=O)CSc1ccc(C(=O)O)o1. The van der Waals surface area contributed by atoms with Crippen LogP contribution < -0.4 is 0 Å². The Bertz CT molecular complexity index is 385. The lowest BCUT2D eigenvalue weighted by molar-refractivity contribution is -0.140. The fraction of sp³-hybridized carbons (Fsp3) is 0.455. The lowest BCUT2D eigenvalue weighted by atomic mass is 10.4. The molecule has 0 amide bonds. The maximum absolute atomic E-state index is 11.2. The van der Waals surface area contributed by atoms with E-state index in [0.717, 1.165) is 24.6 Å². The van der Waals surface area contributed by atoms with Gasteiger partial charge in [-0.15, -0.1) is 0 Å². The van der Waals surface area contributed by atoms with Gasteiger partial charge in [0.15, 0.2) is 5.09 Å². The summed E-state index contributed by atoms with van der Waals surface area (Å²) in [5, 5.41) is 9.02. The second-order valence-electron chi connectivity index (χ2n) is 3.29. The zero-order chi connectivity index (χ0) is 12.7. The Balaban J connectivity index is 2.29. The number of furan rings is 1. The maximum Gasteiger partial charge on any atom is 0.371 e. The van der Waals surface area contributed by atoms with Crippen molar-refractivity contribution in [2.75, 3.05) is 12.4 Å². The molecule has 0 aliphatic carbocycles. The standard InChI is InChI=1S/C11H14O5S/c1-2-3-6-15-9(12)7-17-10-5-4-8(16-10)11(13)14/h4-5H,2-3,6-7H2,1H3,(H,13,14). The van der Waals surface area contributed by atoms with Crippen LogP contribution >= 0.6 is 11.8 Å². The van der Waals surface area contributed by atoms with Crippen LogP contribution in [0.25, 0.3) is 0 Å². The topological polar surface area (TPSA) is 76.7 Å². The normalized spacial score (nSPS) is 10.2. The van der Waals surface area contributed by atoms with Crippen LogP contribution in [0.15, 0.2) is 21.6 Å². The van der Waals surface area contributed by atoms with Gasteiger partial charge in [0.1, 0.15) is 0 Å². The quantitative estimate of drug-likeness (QED) is 0.460. The van der Waals surface area contributed by atoms with Gasteiger partial charge >= 0.3 is 11.9 Å². The number of aromatic carboxylic acids is 1. The van der Waals surface area contributed by atoms with E-state index in [2.05, 4.69) is 0 Å². The number of carbonyl (C=O) groups is 2. The highest BCUT2D eigenvalue weighted by molar-refractivity contribution is 7.99. The number of carbonyl (C=O) groups excluding carboxylic acids is 1. The molecule has 94 valence electrons. The zero-order valence-corrected chi connectivity index (χ0v) is 10.3. The van der Waals surface area contributed by atoms with Gasteiger partial charge in [-0.05, 0) is 18.6 Å². The third kappa shape index (κ3) is 4.95. The molecule has 0 spiro atoms. The van der Waals surface area contributed by atoms with Gasteiger partial charge in [0.2, 0.25) is 5.76 Å². The van der Waals surface area contributed by atoms with Gasteiger partial charge in [-0.2, -0.15) is 0 Å². The third-order valence-electron chi connectivity index (χ3n) is 1.89. The first-order valence-corrected chi connectivity index (χ1v) is 6.23. The van der Waals surface area contributed by atoms with Crippen LogP contribution in [0.2, 0.25) is 0 Å². The van der Waals surface area contributed by atoms with Crippen LogP contribution in [-0.4, -0.2) is 29.4 Å². The van der Waals surface area contributed by atoms with Crippen molar-refractivity contribution in [1.29, 1.82) is 0 Å². The molecule has 0 unspecified atom stereocenters. The number of hydrogen-bond acceptors (Lipinski definition) is 5. The summed E-state index contributed by atoms with van der Waals surface area (Å²) in [6.07, 6.45) is 1.82. The summed E-state index contributed by atoms with van der Waals surface area (Å²) < 4.78 is 9.92. The van der Waals surface area contributed by atoms with Crippen molar-refractivity contribution in [3.8, 4) is 0 Å². The van der Waals surface area contributed by atoms with E-state index in [9.17, 15) is 9.59 Å². The summed E-state index contributed by atoms with van der Waals surface area (Å²) in [7, 11) is 0. The fourth-order valence-corrected chi connectivity index (χ4v) is 1.67. The zero-order valence-electron chi connectivity index (χ0n) is 9.47. The lowest BCUT2D eigenvalue weighted by Gasteiger charge is -2.01. The Morgan fingerprint density at radius 1 is 1.47 bits per heavy atom. The van der Waals surface area contributed by atoms with E-state index in [-0.39, 0.29) is 17.5 Å². The van der Waals surface area contributed by atoms with E-state index in [1.54, 1.807) is 0 Å². The summed E-state index contributed by atoms with van der Waals surface area (Å²) >= 11 is 1.12. The van der Waals surface area contributed by atoms with E-state index < -0.39 is 5.97 Å². The average Bonchev–Trinajstić information content (AvgIpc) is 2.75. The van der Waals surface area contributed by atoms with Crippen molar-refractivity contribution >= 4 is 23.7 Å². The largest absolute Gasteiger partial charge is 0.475 e. The number of rotatable bonds is 7. The van der Waals surface area contributed by atoms with Crippen LogP contribution in [0.4, 0.5) is 0 Å². The van der Waals surface area contributed by atoms with Gasteiger partial charge in [0, 0.05) is 0 Å². The molecule has 0 bridgehead atoms. The molecule has 0 atom stereocenters. The van der Waals surface area contributed by atoms with E-state index in [1.807, 2.05) is 6.92 Å². The number of thioether (sulfide) groups is 1. The second kappa shape index (κ2) is 7.01. The minimum Gasteiger partial charge on any atom is -0.475 e. The van der Waals surface area contributed by atoms with Gasteiger partial charge < -0.3 is 14.3 Å². The molecular formula is C11H14O5S. The molecular weight excluding hydrogens is 244 g/mol. The Morgan fingerprint density at radius 3 is 2.82 bits per heavy atom. The maximum atomic E-state index is 11.2. The van der Waals surface area contributed by atoms with Crippen LogP contribution in [0.3, 0.4) is 0 Å². The predicted octanol–water partition coefficient (Wildman–Crippen LogP) is 2.41. The monoisotopic (exact) mass is 258 g/mol. The van der Waals surface area contributed by atoms with E-state index in [4.69, 9.17) is 14.3 Å². The van der Waals surface area contributed by atoms with Crippen molar-refractivity contribution in [3.05, 3.63) is 17.9 Å². The molecule has 0 saturated heterocycles. The van der Waals surface area contributed by atoms with Crippen molar-refractivity contribution in [2.24, 2.45) is 0 Å². The molecule has 0 aliphatic heterocycles. The van der Waals surface area contributed by atoms with E-state index >= 15 is 0 Å². The number of carboxylic acids is 1. The molecule has 1 N–H and O–H groups in total. The highest BCUT2D eigenvalue weighted by atomic mass is 32.2. The first kappa shape index (κ1) is 13.6. The summed E-state index contributed by atoms with van der Waals surface area (Å²) in [6.45, 7) is 2.44. The highest BCUT2D eigenvalue weighted by Gasteiger charge is 2.11. The highest BCUT2D eigenvalue weighted by Crippen LogP contribution is 2.21. The first-order chi connectivity index (χ1) is 8.13. The van der Waals surface area contributed by atoms with Gasteiger partial charge in [-0.1, -0.05) is 25.1 Å². The van der Waals surface area contributed by atoms with Crippen molar-refractivity contribution < 1.29 is 23.8 Å². The fourth-order valence-electron chi connectivity index (χ4n) is 1.01. The average molecular weight is 258 g/mol. The van der Waals surface area contributed by atoms with Crippen molar-refractivity contribution in [2.45, 2.75) is 24.9 Å². The van der Waals surface area contributed by atoms with Gasteiger partial charge in [0.05, 0.1) is 12.4 Å². The molecule has 0 aliphatic rings. The number of hydrogen-bond donors (Lipinski definition) is 1. The Hall–Kier alpha value is -1.43. The van der Waals surface area contributed by atoms with Crippen LogP contribution in [0.1, 0.15) is 30.3 Å². The third-order valence-corrected chi connectivity index (χ3v) is 2.77. The molecule has 17 heavy (non-hydrogen) atoms. The Kier molecular flexibility index (Phi) is 5.62. The molecule has 1 rings (SSSR count). The van der Waals surface area contributed by atoms with Gasteiger partial charge in [0.25, 0.3) is 0 Å². The molecule has 1 aromatic heterocycles. The molecule has 1 heterocycles. The summed E-state index contributed by atoms with van der Waals surface area (Å²) in [5.41, 5.74) is 0. The van der Waals surface area contributed by atoms with Gasteiger partial charge in [-0.25, -0.2) is 4.79 Å². The molecule has 1 aromatic rings. The number of unbranched alkanes of at least 4 members (excludes halogenated alkanes) is 1. The molecule has 0 saturated carbocycles.